The van der Waals surface area contributed by atoms with Gasteiger partial charge in [0.1, 0.15) is 5.76 Å². The monoisotopic (exact) mass is 407 g/mol. The van der Waals surface area contributed by atoms with Gasteiger partial charge in [0.25, 0.3) is 11.1 Å². The summed E-state index contributed by atoms with van der Waals surface area (Å²) in [5.41, 5.74) is 2.40. The maximum absolute atomic E-state index is 12.6. The maximum atomic E-state index is 12.6. The Morgan fingerprint density at radius 2 is 1.86 bits per heavy atom. The molecular weight excluding hydrogens is 390 g/mol. The summed E-state index contributed by atoms with van der Waals surface area (Å²) in [5, 5.41) is 2.56. The molecule has 1 saturated heterocycles. The van der Waals surface area contributed by atoms with Crippen molar-refractivity contribution in [3.63, 3.8) is 0 Å². The quantitative estimate of drug-likeness (QED) is 0.685. The number of nitrogens with one attached hydrogen (secondary N) is 1. The Balaban J connectivity index is 1.44. The number of carbonyl (C=O) groups is 3. The molecule has 0 atom stereocenters. The summed E-state index contributed by atoms with van der Waals surface area (Å²) in [4.78, 5) is 41.5. The summed E-state index contributed by atoms with van der Waals surface area (Å²) in [6.45, 7) is 1.92. The van der Waals surface area contributed by atoms with Crippen molar-refractivity contribution >= 4 is 34.5 Å². The van der Waals surface area contributed by atoms with Crippen LogP contribution in [0.25, 0.3) is 11.5 Å². The topological polar surface area (TPSA) is 92.5 Å². The van der Waals surface area contributed by atoms with E-state index >= 15 is 0 Å². The molecule has 0 aliphatic carbocycles. The van der Waals surface area contributed by atoms with Gasteiger partial charge >= 0.3 is 0 Å². The summed E-state index contributed by atoms with van der Waals surface area (Å²) in [7, 11) is 0. The molecule has 1 aromatic heterocycles. The summed E-state index contributed by atoms with van der Waals surface area (Å²) in [5.74, 6) is 0.452. The van der Waals surface area contributed by atoms with Gasteiger partial charge in [-0.2, -0.15) is 0 Å². The van der Waals surface area contributed by atoms with Gasteiger partial charge in [-0.05, 0) is 36.8 Å². The molecule has 8 heteroatoms. The average molecular weight is 407 g/mol. The molecule has 1 aliphatic heterocycles. The highest BCUT2D eigenvalue weighted by Crippen LogP contribution is 2.23. The Morgan fingerprint density at radius 1 is 1.14 bits per heavy atom. The van der Waals surface area contributed by atoms with Crippen LogP contribution < -0.4 is 5.32 Å². The number of carbonyl (C=O) groups excluding carboxylic acids is 3. The predicted octanol–water partition coefficient (Wildman–Crippen LogP) is 4.10. The summed E-state index contributed by atoms with van der Waals surface area (Å²) in [6.07, 6.45) is 0. The molecule has 1 fully saturated rings. The number of aryl methyl sites for hydroxylation is 1. The van der Waals surface area contributed by atoms with Crippen LogP contribution in [0.15, 0.2) is 59.0 Å². The number of oxazole rings is 1. The first-order chi connectivity index (χ1) is 14.0. The molecule has 0 unspecified atom stereocenters. The summed E-state index contributed by atoms with van der Waals surface area (Å²) >= 11 is 1.01. The third-order valence-electron chi connectivity index (χ3n) is 4.43. The number of thioether (sulfide) groups is 1. The largest absolute Gasteiger partial charge is 0.441 e. The smallest absolute Gasteiger partial charge is 0.289 e. The normalized spacial score (nSPS) is 13.8. The Hall–Kier alpha value is -3.39. The Kier molecular flexibility index (Phi) is 5.18. The molecule has 0 saturated carbocycles. The van der Waals surface area contributed by atoms with Crippen LogP contribution in [0, 0.1) is 6.92 Å². The van der Waals surface area contributed by atoms with Gasteiger partial charge in [0, 0.05) is 11.3 Å². The third-order valence-corrected chi connectivity index (χ3v) is 5.28. The summed E-state index contributed by atoms with van der Waals surface area (Å²) in [6, 6.07) is 16.3. The fourth-order valence-corrected chi connectivity index (χ4v) is 3.64. The van der Waals surface area contributed by atoms with Crippen LogP contribution in [0.3, 0.4) is 0 Å². The standard InChI is InChI=1S/C21H17N3O4S/c1-13-18(23-20(28-13)15-5-3-2-4-6-15)19(26)22-16-9-7-14(8-10-16)11-24-17(25)12-29-21(24)27/h2-10H,11-12H2,1H3,(H,22,26). The van der Waals surface area contributed by atoms with E-state index in [4.69, 9.17) is 4.42 Å². The second-order valence-corrected chi connectivity index (χ2v) is 7.40. The van der Waals surface area contributed by atoms with Crippen molar-refractivity contribution in [2.75, 3.05) is 11.1 Å². The van der Waals surface area contributed by atoms with Crippen LogP contribution >= 0.6 is 11.8 Å². The van der Waals surface area contributed by atoms with E-state index in [0.29, 0.717) is 17.3 Å². The highest BCUT2D eigenvalue weighted by atomic mass is 32.2. The van der Waals surface area contributed by atoms with Gasteiger partial charge in [-0.15, -0.1) is 0 Å². The van der Waals surface area contributed by atoms with Gasteiger partial charge in [-0.1, -0.05) is 42.1 Å². The number of hydrogen-bond donors (Lipinski definition) is 1. The molecule has 29 heavy (non-hydrogen) atoms. The molecule has 0 radical (unpaired) electrons. The van der Waals surface area contributed by atoms with Crippen LogP contribution in [0.1, 0.15) is 21.8 Å². The van der Waals surface area contributed by atoms with E-state index in [1.165, 1.54) is 4.90 Å². The molecule has 7 nitrogen and oxygen atoms in total. The van der Waals surface area contributed by atoms with E-state index in [-0.39, 0.29) is 35.0 Å². The SMILES string of the molecule is Cc1oc(-c2ccccc2)nc1C(=O)Nc1ccc(CN2C(=O)CSC2=O)cc1. The first-order valence-electron chi connectivity index (χ1n) is 8.91. The van der Waals surface area contributed by atoms with Crippen molar-refractivity contribution in [3.05, 3.63) is 71.6 Å². The Bertz CT molecular complexity index is 1060. The molecular formula is C21H17N3O4S. The third kappa shape index (κ3) is 4.07. The van der Waals surface area contributed by atoms with Gasteiger partial charge in [-0.25, -0.2) is 4.98 Å². The van der Waals surface area contributed by atoms with Gasteiger partial charge < -0.3 is 9.73 Å². The Morgan fingerprint density at radius 3 is 2.52 bits per heavy atom. The van der Waals surface area contributed by atoms with Crippen molar-refractivity contribution in [1.82, 2.24) is 9.88 Å². The zero-order valence-electron chi connectivity index (χ0n) is 15.5. The van der Waals surface area contributed by atoms with Gasteiger partial charge in [0.2, 0.25) is 11.8 Å². The maximum Gasteiger partial charge on any atom is 0.289 e. The minimum Gasteiger partial charge on any atom is -0.441 e. The molecule has 146 valence electrons. The van der Waals surface area contributed by atoms with E-state index in [2.05, 4.69) is 10.3 Å². The summed E-state index contributed by atoms with van der Waals surface area (Å²) < 4.78 is 5.63. The first-order valence-corrected chi connectivity index (χ1v) is 9.90. The van der Waals surface area contributed by atoms with E-state index < -0.39 is 0 Å². The molecule has 3 amide bonds. The Labute approximate surface area is 171 Å². The van der Waals surface area contributed by atoms with Gasteiger partial charge in [-0.3, -0.25) is 19.3 Å². The molecule has 3 aromatic rings. The predicted molar refractivity (Wildman–Crippen MR) is 109 cm³/mol. The highest BCUT2D eigenvalue weighted by Gasteiger charge is 2.29. The number of amides is 3. The molecule has 0 spiro atoms. The fourth-order valence-electron chi connectivity index (χ4n) is 2.91. The lowest BCUT2D eigenvalue weighted by Crippen LogP contribution is -2.27. The van der Waals surface area contributed by atoms with Crippen molar-refractivity contribution in [2.45, 2.75) is 13.5 Å². The zero-order chi connectivity index (χ0) is 20.4. The van der Waals surface area contributed by atoms with Crippen LogP contribution in [0.4, 0.5) is 10.5 Å². The highest BCUT2D eigenvalue weighted by molar-refractivity contribution is 8.14. The second kappa shape index (κ2) is 7.92. The molecule has 1 N–H and O–H groups in total. The minimum atomic E-state index is -0.373. The second-order valence-electron chi connectivity index (χ2n) is 6.48. The number of rotatable bonds is 5. The van der Waals surface area contributed by atoms with Gasteiger partial charge in [0.15, 0.2) is 5.69 Å². The van der Waals surface area contributed by atoms with Crippen LogP contribution in [0.5, 0.6) is 0 Å². The van der Waals surface area contributed by atoms with E-state index in [1.807, 2.05) is 30.3 Å². The van der Waals surface area contributed by atoms with Crippen molar-refractivity contribution in [2.24, 2.45) is 0 Å². The lowest BCUT2D eigenvalue weighted by Gasteiger charge is -2.13. The first kappa shape index (κ1) is 18.9. The van der Waals surface area contributed by atoms with Crippen molar-refractivity contribution < 1.29 is 18.8 Å². The van der Waals surface area contributed by atoms with Crippen LogP contribution in [0.2, 0.25) is 0 Å². The number of hydrogen-bond acceptors (Lipinski definition) is 6. The zero-order valence-corrected chi connectivity index (χ0v) is 16.4. The molecule has 2 aromatic carbocycles. The molecule has 4 rings (SSSR count). The number of anilines is 1. The van der Waals surface area contributed by atoms with Crippen molar-refractivity contribution in [3.8, 4) is 11.5 Å². The lowest BCUT2D eigenvalue weighted by molar-refractivity contribution is -0.125. The average Bonchev–Trinajstić information content (AvgIpc) is 3.27. The van der Waals surface area contributed by atoms with Crippen LogP contribution in [-0.4, -0.2) is 32.7 Å². The van der Waals surface area contributed by atoms with E-state index in [9.17, 15) is 14.4 Å². The number of nitrogens with zero attached hydrogens (tertiary/aromatic N) is 2. The lowest BCUT2D eigenvalue weighted by atomic mass is 10.2. The van der Waals surface area contributed by atoms with E-state index in [0.717, 1.165) is 22.9 Å². The van der Waals surface area contributed by atoms with Crippen molar-refractivity contribution in [1.29, 1.82) is 0 Å². The van der Waals surface area contributed by atoms with E-state index in [1.54, 1.807) is 31.2 Å². The van der Waals surface area contributed by atoms with Gasteiger partial charge in [0.05, 0.1) is 12.3 Å². The fraction of sp³-hybridized carbons (Fsp3) is 0.143. The minimum absolute atomic E-state index is 0.187. The van der Waals surface area contributed by atoms with Crippen LogP contribution in [-0.2, 0) is 11.3 Å². The number of aromatic nitrogens is 1. The molecule has 2 heterocycles. The number of imide groups is 1. The molecule has 1 aliphatic rings. The number of benzene rings is 2. The molecule has 0 bridgehead atoms.